The van der Waals surface area contributed by atoms with Gasteiger partial charge in [0.05, 0.1) is 7.11 Å². The Hall–Kier alpha value is -1.73. The molecule has 24 heavy (non-hydrogen) atoms. The highest BCUT2D eigenvalue weighted by Crippen LogP contribution is 2.39. The monoisotopic (exact) mass is 348 g/mol. The van der Waals surface area contributed by atoms with Gasteiger partial charge in [-0.2, -0.15) is 4.37 Å². The number of anilines is 1. The molecule has 2 aliphatic rings. The van der Waals surface area contributed by atoms with Crippen molar-refractivity contribution in [3.05, 3.63) is 35.4 Å². The lowest BCUT2D eigenvalue weighted by Crippen LogP contribution is -2.45. The molecule has 7 heteroatoms. The second-order valence-electron chi connectivity index (χ2n) is 6.44. The summed E-state index contributed by atoms with van der Waals surface area (Å²) in [5, 5.41) is 1.05. The molecule has 1 saturated carbocycles. The summed E-state index contributed by atoms with van der Waals surface area (Å²) < 4.78 is 23.3. The van der Waals surface area contributed by atoms with Crippen LogP contribution in [0.4, 0.5) is 9.52 Å². The molecule has 2 aromatic rings. The average molecular weight is 348 g/mol. The number of rotatable bonds is 5. The van der Waals surface area contributed by atoms with E-state index in [0.717, 1.165) is 49.2 Å². The number of benzene rings is 1. The Kier molecular flexibility index (Phi) is 4.37. The number of halogens is 1. The van der Waals surface area contributed by atoms with E-state index in [1.165, 1.54) is 31.5 Å². The summed E-state index contributed by atoms with van der Waals surface area (Å²) >= 11 is 1.52. The zero-order chi connectivity index (χ0) is 16.5. The van der Waals surface area contributed by atoms with Gasteiger partial charge in [0.1, 0.15) is 5.82 Å². The predicted octanol–water partition coefficient (Wildman–Crippen LogP) is 2.89. The lowest BCUT2D eigenvalue weighted by Gasteiger charge is -2.34. The van der Waals surface area contributed by atoms with Crippen LogP contribution in [0.25, 0.3) is 0 Å². The molecule has 0 amide bonds. The molecule has 0 atom stereocenters. The number of piperazine rings is 1. The van der Waals surface area contributed by atoms with Crippen molar-refractivity contribution in [3.63, 3.8) is 0 Å². The summed E-state index contributed by atoms with van der Waals surface area (Å²) in [7, 11) is 1.49. The minimum Gasteiger partial charge on any atom is -0.494 e. The average Bonchev–Trinajstić information content (AvgIpc) is 3.33. The van der Waals surface area contributed by atoms with Crippen LogP contribution in [0.1, 0.15) is 30.1 Å². The Morgan fingerprint density at radius 1 is 1.25 bits per heavy atom. The van der Waals surface area contributed by atoms with E-state index in [4.69, 9.17) is 4.74 Å². The number of hydrogen-bond acceptors (Lipinski definition) is 6. The summed E-state index contributed by atoms with van der Waals surface area (Å²) in [5.41, 5.74) is 0.980. The number of ether oxygens (including phenoxy) is 1. The van der Waals surface area contributed by atoms with Gasteiger partial charge < -0.3 is 9.64 Å². The SMILES string of the molecule is COc1ccc(CN2CCN(c3nc(C4CC4)ns3)CC2)cc1F. The minimum atomic E-state index is -0.296. The summed E-state index contributed by atoms with van der Waals surface area (Å²) in [6.45, 7) is 4.55. The lowest BCUT2D eigenvalue weighted by atomic mass is 10.2. The molecule has 128 valence electrons. The third-order valence-corrected chi connectivity index (χ3v) is 5.43. The molecule has 0 N–H and O–H groups in total. The zero-order valence-corrected chi connectivity index (χ0v) is 14.6. The van der Waals surface area contributed by atoms with Gasteiger partial charge in [0.15, 0.2) is 11.6 Å². The highest BCUT2D eigenvalue weighted by Gasteiger charge is 2.29. The maximum atomic E-state index is 13.8. The molecule has 1 aromatic heterocycles. The smallest absolute Gasteiger partial charge is 0.205 e. The summed E-state index contributed by atoms with van der Waals surface area (Å²) in [4.78, 5) is 9.35. The van der Waals surface area contributed by atoms with E-state index < -0.39 is 0 Å². The van der Waals surface area contributed by atoms with E-state index in [0.29, 0.717) is 11.7 Å². The van der Waals surface area contributed by atoms with E-state index in [9.17, 15) is 4.39 Å². The number of nitrogens with zero attached hydrogens (tertiary/aromatic N) is 4. The third-order valence-electron chi connectivity index (χ3n) is 4.64. The first-order valence-corrected chi connectivity index (χ1v) is 9.13. The molecule has 2 fully saturated rings. The molecule has 1 saturated heterocycles. The summed E-state index contributed by atoms with van der Waals surface area (Å²) in [6.07, 6.45) is 2.48. The van der Waals surface area contributed by atoms with Crippen LogP contribution in [-0.4, -0.2) is 47.5 Å². The van der Waals surface area contributed by atoms with Crippen LogP contribution in [0, 0.1) is 5.82 Å². The molecule has 0 spiro atoms. The Balaban J connectivity index is 1.33. The Labute approximate surface area is 145 Å². The van der Waals surface area contributed by atoms with Crippen molar-refractivity contribution in [1.82, 2.24) is 14.3 Å². The maximum absolute atomic E-state index is 13.8. The van der Waals surface area contributed by atoms with Crippen LogP contribution in [0.15, 0.2) is 18.2 Å². The molecular formula is C17H21FN4OS. The van der Waals surface area contributed by atoms with Gasteiger partial charge in [0.2, 0.25) is 5.13 Å². The van der Waals surface area contributed by atoms with E-state index in [1.54, 1.807) is 12.1 Å². The Bertz CT molecular complexity index is 710. The van der Waals surface area contributed by atoms with Crippen LogP contribution in [0.3, 0.4) is 0 Å². The molecule has 1 aliphatic heterocycles. The molecule has 0 bridgehead atoms. The molecule has 0 radical (unpaired) electrons. The highest BCUT2D eigenvalue weighted by atomic mass is 32.1. The van der Waals surface area contributed by atoms with Crippen molar-refractivity contribution in [2.24, 2.45) is 0 Å². The van der Waals surface area contributed by atoms with Crippen molar-refractivity contribution < 1.29 is 9.13 Å². The first-order chi connectivity index (χ1) is 11.7. The molecular weight excluding hydrogens is 327 g/mol. The van der Waals surface area contributed by atoms with Gasteiger partial charge in [-0.1, -0.05) is 6.07 Å². The second-order valence-corrected chi connectivity index (χ2v) is 7.17. The molecule has 2 heterocycles. The fourth-order valence-corrected chi connectivity index (χ4v) is 3.82. The van der Waals surface area contributed by atoms with E-state index >= 15 is 0 Å². The fraction of sp³-hybridized carbons (Fsp3) is 0.529. The minimum absolute atomic E-state index is 0.296. The third kappa shape index (κ3) is 3.37. The van der Waals surface area contributed by atoms with Crippen LogP contribution >= 0.6 is 11.5 Å². The van der Waals surface area contributed by atoms with Crippen molar-refractivity contribution in [2.45, 2.75) is 25.3 Å². The fourth-order valence-electron chi connectivity index (χ4n) is 3.03. The van der Waals surface area contributed by atoms with Crippen LogP contribution in [-0.2, 0) is 6.54 Å². The van der Waals surface area contributed by atoms with Crippen molar-refractivity contribution in [1.29, 1.82) is 0 Å². The van der Waals surface area contributed by atoms with Gasteiger partial charge in [-0.05, 0) is 30.5 Å². The van der Waals surface area contributed by atoms with Gasteiger partial charge in [0, 0.05) is 50.2 Å². The maximum Gasteiger partial charge on any atom is 0.205 e. The predicted molar refractivity (Wildman–Crippen MR) is 92.3 cm³/mol. The Morgan fingerprint density at radius 3 is 2.71 bits per heavy atom. The first kappa shape index (κ1) is 15.8. The normalized spacial score (nSPS) is 18.8. The molecule has 1 aromatic carbocycles. The van der Waals surface area contributed by atoms with Crippen molar-refractivity contribution >= 4 is 16.7 Å². The van der Waals surface area contributed by atoms with Gasteiger partial charge >= 0.3 is 0 Å². The lowest BCUT2D eigenvalue weighted by molar-refractivity contribution is 0.249. The molecule has 5 nitrogen and oxygen atoms in total. The standard InChI is InChI=1S/C17H21FN4OS/c1-23-15-5-2-12(10-14(15)18)11-21-6-8-22(9-7-21)17-19-16(20-24-17)13-3-4-13/h2,5,10,13H,3-4,6-9,11H2,1H3. The van der Waals surface area contributed by atoms with Crippen LogP contribution in [0.5, 0.6) is 5.75 Å². The quantitative estimate of drug-likeness (QED) is 0.831. The highest BCUT2D eigenvalue weighted by molar-refractivity contribution is 7.09. The molecule has 4 rings (SSSR count). The largest absolute Gasteiger partial charge is 0.494 e. The van der Waals surface area contributed by atoms with E-state index in [2.05, 4.69) is 19.2 Å². The number of hydrogen-bond donors (Lipinski definition) is 0. The van der Waals surface area contributed by atoms with Crippen molar-refractivity contribution in [2.75, 3.05) is 38.2 Å². The summed E-state index contributed by atoms with van der Waals surface area (Å²) in [6, 6.07) is 5.19. The van der Waals surface area contributed by atoms with Crippen LogP contribution in [0.2, 0.25) is 0 Å². The first-order valence-electron chi connectivity index (χ1n) is 8.36. The second kappa shape index (κ2) is 6.64. The van der Waals surface area contributed by atoms with Crippen molar-refractivity contribution in [3.8, 4) is 5.75 Å². The van der Waals surface area contributed by atoms with Gasteiger partial charge in [-0.25, -0.2) is 9.37 Å². The number of aromatic nitrogens is 2. The number of methoxy groups -OCH3 is 1. The topological polar surface area (TPSA) is 41.5 Å². The van der Waals surface area contributed by atoms with Gasteiger partial charge in [0.25, 0.3) is 0 Å². The summed E-state index contributed by atoms with van der Waals surface area (Å²) in [5.74, 6) is 1.65. The van der Waals surface area contributed by atoms with Gasteiger partial charge in [-0.15, -0.1) is 0 Å². The van der Waals surface area contributed by atoms with Crippen LogP contribution < -0.4 is 9.64 Å². The van der Waals surface area contributed by atoms with E-state index in [1.807, 2.05) is 6.07 Å². The van der Waals surface area contributed by atoms with E-state index in [-0.39, 0.29) is 5.82 Å². The Morgan fingerprint density at radius 2 is 2.04 bits per heavy atom. The van der Waals surface area contributed by atoms with Gasteiger partial charge in [-0.3, -0.25) is 4.90 Å². The molecule has 1 aliphatic carbocycles. The zero-order valence-electron chi connectivity index (χ0n) is 13.7. The molecule has 0 unspecified atom stereocenters.